The molecule has 0 aliphatic rings. The Balaban J connectivity index is 3.16. The van der Waals surface area contributed by atoms with Crippen molar-refractivity contribution in [2.24, 2.45) is 4.58 Å². The average Bonchev–Trinajstić information content (AvgIpc) is 1.68. The van der Waals surface area contributed by atoms with Crippen LogP contribution in [0.3, 0.4) is 0 Å². The zero-order valence-corrected chi connectivity index (χ0v) is 5.65. The lowest BCUT2D eigenvalue weighted by Crippen LogP contribution is -1.88. The van der Waals surface area contributed by atoms with Crippen LogP contribution in [0, 0.1) is 4.91 Å². The molecule has 0 spiro atoms. The van der Waals surface area contributed by atoms with Crippen LogP contribution in [0.1, 0.15) is 13.3 Å². The molecule has 46 valence electrons. The topological polar surface area (TPSA) is 29.4 Å². The first kappa shape index (κ1) is 7.69. The monoisotopic (exact) mass is 131 g/mol. The van der Waals surface area contributed by atoms with Crippen LogP contribution in [0.4, 0.5) is 0 Å². The number of nitroso groups, excluding NO2 is 1. The van der Waals surface area contributed by atoms with Gasteiger partial charge in [-0.25, -0.2) is 0 Å². The van der Waals surface area contributed by atoms with E-state index in [2.05, 4.69) is 11.2 Å². The van der Waals surface area contributed by atoms with Crippen LogP contribution in [0.5, 0.6) is 0 Å². The lowest BCUT2D eigenvalue weighted by Gasteiger charge is -1.96. The van der Waals surface area contributed by atoms with Gasteiger partial charge in [-0.1, -0.05) is 13.0 Å². The van der Waals surface area contributed by atoms with Gasteiger partial charge in [0.15, 0.2) is 0 Å². The van der Waals surface area contributed by atoms with E-state index in [1.165, 1.54) is 0 Å². The van der Waals surface area contributed by atoms with Crippen molar-refractivity contribution in [1.82, 2.24) is 0 Å². The van der Waals surface area contributed by atoms with Gasteiger partial charge in [-0.05, 0) is 6.42 Å². The number of hydrogen-bond acceptors (Lipinski definition) is 3. The molecule has 0 bridgehead atoms. The Bertz CT molecular complexity index is 74.5. The van der Waals surface area contributed by atoms with Gasteiger partial charge in [-0.15, -0.1) is 11.5 Å². The molecule has 0 aromatic heterocycles. The van der Waals surface area contributed by atoms with Crippen LogP contribution >= 0.6 is 11.9 Å². The van der Waals surface area contributed by atoms with Gasteiger partial charge < -0.3 is 0 Å². The summed E-state index contributed by atoms with van der Waals surface area (Å²) in [5.41, 5.74) is 0. The van der Waals surface area contributed by atoms with Crippen LogP contribution in [-0.2, 0) is 0 Å². The van der Waals surface area contributed by atoms with Crippen molar-refractivity contribution >= 4 is 11.9 Å². The highest BCUT2D eigenvalue weighted by Crippen LogP contribution is 2.13. The van der Waals surface area contributed by atoms with Crippen molar-refractivity contribution < 1.29 is 0 Å². The summed E-state index contributed by atoms with van der Waals surface area (Å²) in [6, 6.07) is 0. The Morgan fingerprint density at radius 2 is 2.62 bits per heavy atom. The lowest BCUT2D eigenvalue weighted by atomic mass is 10.3. The zero-order chi connectivity index (χ0) is 6.41. The molecular formula is C5H9NOS. The Morgan fingerprint density at radius 3 is 3.00 bits per heavy atom. The minimum atomic E-state index is 0.282. The van der Waals surface area contributed by atoms with Crippen LogP contribution in [0.15, 0.2) is 17.2 Å². The maximum atomic E-state index is 9.57. The molecule has 1 atom stereocenters. The first-order valence-electron chi connectivity index (χ1n) is 2.40. The van der Waals surface area contributed by atoms with Crippen molar-refractivity contribution in [3.63, 3.8) is 0 Å². The third-order valence-electron chi connectivity index (χ3n) is 0.722. The summed E-state index contributed by atoms with van der Waals surface area (Å²) in [4.78, 5) is 9.57. The predicted octanol–water partition coefficient (Wildman–Crippen LogP) is 2.37. The van der Waals surface area contributed by atoms with E-state index in [0.717, 1.165) is 18.4 Å². The summed E-state index contributed by atoms with van der Waals surface area (Å²) in [7, 11) is 0. The van der Waals surface area contributed by atoms with E-state index < -0.39 is 0 Å². The second kappa shape index (κ2) is 4.84. The Labute approximate surface area is 53.5 Å². The highest BCUT2D eigenvalue weighted by atomic mass is 32.2. The molecule has 0 aliphatic heterocycles. The molecule has 0 aromatic carbocycles. The SMILES string of the molecule is C=CC[C@H](C)SN=O. The molecule has 0 unspecified atom stereocenters. The Hall–Kier alpha value is -0.310. The molecule has 0 saturated carbocycles. The van der Waals surface area contributed by atoms with Gasteiger partial charge in [0.1, 0.15) is 0 Å². The van der Waals surface area contributed by atoms with Gasteiger partial charge in [0.2, 0.25) is 0 Å². The first-order chi connectivity index (χ1) is 3.81. The maximum Gasteiger partial charge on any atom is 0.0306 e. The average molecular weight is 131 g/mol. The van der Waals surface area contributed by atoms with Crippen molar-refractivity contribution in [3.8, 4) is 0 Å². The fourth-order valence-corrected chi connectivity index (χ4v) is 0.720. The van der Waals surface area contributed by atoms with E-state index in [-0.39, 0.29) is 5.25 Å². The molecule has 0 aromatic rings. The molecule has 3 heteroatoms. The number of rotatable bonds is 4. The summed E-state index contributed by atoms with van der Waals surface area (Å²) in [6.45, 7) is 5.46. The second-order valence-corrected chi connectivity index (χ2v) is 2.68. The summed E-state index contributed by atoms with van der Waals surface area (Å²) in [5.74, 6) is 0. The molecule has 0 heterocycles. The highest BCUT2D eigenvalue weighted by molar-refractivity contribution is 7.98. The molecule has 0 saturated heterocycles. The third-order valence-corrected chi connectivity index (χ3v) is 1.36. The van der Waals surface area contributed by atoms with E-state index in [4.69, 9.17) is 0 Å². The summed E-state index contributed by atoms with van der Waals surface area (Å²) in [5, 5.41) is 0.282. The van der Waals surface area contributed by atoms with Crippen molar-refractivity contribution in [2.45, 2.75) is 18.6 Å². The summed E-state index contributed by atoms with van der Waals surface area (Å²) >= 11 is 1.05. The van der Waals surface area contributed by atoms with Gasteiger partial charge in [-0.2, -0.15) is 0 Å². The first-order valence-corrected chi connectivity index (χ1v) is 3.24. The van der Waals surface area contributed by atoms with Gasteiger partial charge in [0, 0.05) is 21.8 Å². The lowest BCUT2D eigenvalue weighted by molar-refractivity contribution is 0.984. The summed E-state index contributed by atoms with van der Waals surface area (Å²) < 4.78 is 2.67. The smallest absolute Gasteiger partial charge is 0.0306 e. The van der Waals surface area contributed by atoms with Gasteiger partial charge in [0.05, 0.1) is 0 Å². The quantitative estimate of drug-likeness (QED) is 0.333. The Kier molecular flexibility index (Phi) is 4.65. The second-order valence-electron chi connectivity index (χ2n) is 1.51. The van der Waals surface area contributed by atoms with E-state index >= 15 is 0 Å². The van der Waals surface area contributed by atoms with E-state index in [0.29, 0.717) is 0 Å². The normalized spacial score (nSPS) is 12.6. The molecule has 0 aliphatic carbocycles. The molecule has 0 N–H and O–H groups in total. The molecule has 2 nitrogen and oxygen atoms in total. The minimum Gasteiger partial charge on any atom is -0.137 e. The fraction of sp³-hybridized carbons (Fsp3) is 0.600. The highest BCUT2D eigenvalue weighted by Gasteiger charge is 1.97. The van der Waals surface area contributed by atoms with Crippen molar-refractivity contribution in [1.29, 1.82) is 0 Å². The molecular weight excluding hydrogens is 122 g/mol. The molecule has 0 rings (SSSR count). The van der Waals surface area contributed by atoms with Gasteiger partial charge >= 0.3 is 0 Å². The van der Waals surface area contributed by atoms with E-state index in [1.807, 2.05) is 6.92 Å². The van der Waals surface area contributed by atoms with Crippen LogP contribution in [0.25, 0.3) is 0 Å². The molecule has 0 amide bonds. The van der Waals surface area contributed by atoms with Crippen LogP contribution in [-0.4, -0.2) is 5.25 Å². The number of allylic oxidation sites excluding steroid dienone is 1. The van der Waals surface area contributed by atoms with E-state index in [9.17, 15) is 4.91 Å². The zero-order valence-electron chi connectivity index (χ0n) is 4.83. The third kappa shape index (κ3) is 3.87. The fourth-order valence-electron chi connectivity index (χ4n) is 0.351. The summed E-state index contributed by atoms with van der Waals surface area (Å²) in [6.07, 6.45) is 2.62. The van der Waals surface area contributed by atoms with Crippen LogP contribution in [0.2, 0.25) is 0 Å². The molecule has 0 radical (unpaired) electrons. The van der Waals surface area contributed by atoms with Crippen molar-refractivity contribution in [2.75, 3.05) is 0 Å². The standard InChI is InChI=1S/C5H9NOS/c1-3-4-5(2)8-6-7/h3,5H,1,4H2,2H3/t5-/m0/s1. The minimum absolute atomic E-state index is 0.282. The predicted molar refractivity (Wildman–Crippen MR) is 37.7 cm³/mol. The van der Waals surface area contributed by atoms with Crippen LogP contribution < -0.4 is 0 Å². The Morgan fingerprint density at radius 1 is 2.00 bits per heavy atom. The maximum absolute atomic E-state index is 9.57. The number of hydrogen-bond donors (Lipinski definition) is 0. The molecule has 0 fully saturated rings. The van der Waals surface area contributed by atoms with Gasteiger partial charge in [-0.3, -0.25) is 0 Å². The van der Waals surface area contributed by atoms with Gasteiger partial charge in [0.25, 0.3) is 0 Å². The van der Waals surface area contributed by atoms with E-state index in [1.54, 1.807) is 6.08 Å². The van der Waals surface area contributed by atoms with Crippen molar-refractivity contribution in [3.05, 3.63) is 17.6 Å². The molecule has 8 heavy (non-hydrogen) atoms. The number of nitrogens with zero attached hydrogens (tertiary/aromatic N) is 1. The largest absolute Gasteiger partial charge is 0.137 e.